The van der Waals surface area contributed by atoms with Crippen molar-refractivity contribution in [3.63, 3.8) is 0 Å². The molecule has 2 aliphatic rings. The van der Waals surface area contributed by atoms with E-state index in [0.717, 1.165) is 25.0 Å². The van der Waals surface area contributed by atoms with E-state index in [1.165, 1.54) is 44.2 Å². The van der Waals surface area contributed by atoms with E-state index in [4.69, 9.17) is 10.6 Å². The number of hydrogen-bond acceptors (Lipinski definition) is 3. The van der Waals surface area contributed by atoms with E-state index >= 15 is 0 Å². The molecular formula is C17H25FN2O. The Morgan fingerprint density at radius 1 is 1.19 bits per heavy atom. The fourth-order valence-electron chi connectivity index (χ4n) is 4.07. The molecule has 0 aromatic heterocycles. The van der Waals surface area contributed by atoms with Gasteiger partial charge in [-0.1, -0.05) is 31.4 Å². The lowest BCUT2D eigenvalue weighted by Crippen LogP contribution is -2.45. The number of benzene rings is 1. The number of halogens is 1. The second kappa shape index (κ2) is 6.42. The first-order valence-electron chi connectivity index (χ1n) is 8.08. The second-order valence-corrected chi connectivity index (χ2v) is 6.54. The molecule has 1 saturated heterocycles. The summed E-state index contributed by atoms with van der Waals surface area (Å²) in [6.07, 6.45) is 8.27. The SMILES string of the molecule is NNC(c1ccc(F)cc1)C1CCOC2(CCCCC2)C1. The van der Waals surface area contributed by atoms with Gasteiger partial charge in [-0.15, -0.1) is 0 Å². The van der Waals surface area contributed by atoms with Crippen LogP contribution < -0.4 is 11.3 Å². The third-order valence-electron chi connectivity index (χ3n) is 5.18. The van der Waals surface area contributed by atoms with Crippen LogP contribution >= 0.6 is 0 Å². The van der Waals surface area contributed by atoms with Gasteiger partial charge in [-0.25, -0.2) is 4.39 Å². The van der Waals surface area contributed by atoms with Gasteiger partial charge < -0.3 is 4.74 Å². The van der Waals surface area contributed by atoms with Crippen molar-refractivity contribution in [1.29, 1.82) is 0 Å². The lowest BCUT2D eigenvalue weighted by Gasteiger charge is -2.45. The molecular weight excluding hydrogens is 267 g/mol. The van der Waals surface area contributed by atoms with Gasteiger partial charge >= 0.3 is 0 Å². The molecule has 2 atom stereocenters. The summed E-state index contributed by atoms with van der Waals surface area (Å²) in [5.41, 5.74) is 4.08. The molecule has 0 radical (unpaired) electrons. The van der Waals surface area contributed by atoms with Crippen molar-refractivity contribution < 1.29 is 9.13 Å². The zero-order valence-corrected chi connectivity index (χ0v) is 12.5. The first-order chi connectivity index (χ1) is 10.2. The van der Waals surface area contributed by atoms with E-state index in [2.05, 4.69) is 5.43 Å². The quantitative estimate of drug-likeness (QED) is 0.662. The van der Waals surface area contributed by atoms with Crippen molar-refractivity contribution in [3.05, 3.63) is 35.6 Å². The molecule has 3 rings (SSSR count). The monoisotopic (exact) mass is 292 g/mol. The molecule has 116 valence electrons. The average molecular weight is 292 g/mol. The van der Waals surface area contributed by atoms with Gasteiger partial charge in [0.25, 0.3) is 0 Å². The highest BCUT2D eigenvalue weighted by molar-refractivity contribution is 5.21. The minimum Gasteiger partial charge on any atom is -0.375 e. The van der Waals surface area contributed by atoms with Gasteiger partial charge in [-0.2, -0.15) is 0 Å². The Morgan fingerprint density at radius 3 is 2.57 bits per heavy atom. The molecule has 2 fully saturated rings. The summed E-state index contributed by atoms with van der Waals surface area (Å²) >= 11 is 0. The number of rotatable bonds is 3. The van der Waals surface area contributed by atoms with Crippen LogP contribution in [0.25, 0.3) is 0 Å². The molecule has 0 amide bonds. The van der Waals surface area contributed by atoms with Crippen LogP contribution in [0.1, 0.15) is 56.6 Å². The first kappa shape index (κ1) is 14.9. The summed E-state index contributed by atoms with van der Waals surface area (Å²) in [5.74, 6) is 6.05. The van der Waals surface area contributed by atoms with Gasteiger partial charge in [0.05, 0.1) is 5.60 Å². The molecule has 1 aromatic carbocycles. The molecule has 4 heteroatoms. The zero-order chi connectivity index (χ0) is 14.7. The van der Waals surface area contributed by atoms with Crippen molar-refractivity contribution in [2.45, 2.75) is 56.6 Å². The highest BCUT2D eigenvalue weighted by Crippen LogP contribution is 2.44. The Kier molecular flexibility index (Phi) is 4.57. The molecule has 1 aliphatic heterocycles. The van der Waals surface area contributed by atoms with Crippen molar-refractivity contribution in [2.24, 2.45) is 11.8 Å². The fraction of sp³-hybridized carbons (Fsp3) is 0.647. The number of nitrogens with two attached hydrogens (primary N) is 1. The molecule has 1 aliphatic carbocycles. The summed E-state index contributed by atoms with van der Waals surface area (Å²) in [6, 6.07) is 6.77. The maximum Gasteiger partial charge on any atom is 0.123 e. The van der Waals surface area contributed by atoms with Crippen LogP contribution in [-0.4, -0.2) is 12.2 Å². The lowest BCUT2D eigenvalue weighted by atomic mass is 9.73. The Hall–Kier alpha value is -0.970. The zero-order valence-electron chi connectivity index (χ0n) is 12.5. The van der Waals surface area contributed by atoms with Crippen molar-refractivity contribution in [1.82, 2.24) is 5.43 Å². The Labute approximate surface area is 126 Å². The minimum absolute atomic E-state index is 0.0658. The second-order valence-electron chi connectivity index (χ2n) is 6.54. The van der Waals surface area contributed by atoms with Crippen molar-refractivity contribution in [3.8, 4) is 0 Å². The Bertz CT molecular complexity index is 451. The van der Waals surface area contributed by atoms with E-state index in [1.54, 1.807) is 0 Å². The van der Waals surface area contributed by atoms with Crippen LogP contribution in [0.5, 0.6) is 0 Å². The Balaban J connectivity index is 1.75. The molecule has 3 nitrogen and oxygen atoms in total. The van der Waals surface area contributed by atoms with Crippen LogP contribution in [0.4, 0.5) is 4.39 Å². The van der Waals surface area contributed by atoms with Crippen molar-refractivity contribution >= 4 is 0 Å². The fourth-order valence-corrected chi connectivity index (χ4v) is 4.07. The van der Waals surface area contributed by atoms with E-state index in [-0.39, 0.29) is 17.5 Å². The van der Waals surface area contributed by atoms with E-state index in [1.807, 2.05) is 12.1 Å². The third-order valence-corrected chi connectivity index (χ3v) is 5.18. The number of hydrazine groups is 1. The lowest BCUT2D eigenvalue weighted by molar-refractivity contribution is -0.122. The highest BCUT2D eigenvalue weighted by atomic mass is 19.1. The van der Waals surface area contributed by atoms with Crippen molar-refractivity contribution in [2.75, 3.05) is 6.61 Å². The van der Waals surface area contributed by atoms with Gasteiger partial charge in [0.1, 0.15) is 5.82 Å². The molecule has 0 bridgehead atoms. The molecule has 1 heterocycles. The molecule has 3 N–H and O–H groups in total. The van der Waals surface area contributed by atoms with Crippen LogP contribution in [0, 0.1) is 11.7 Å². The maximum absolute atomic E-state index is 13.1. The third kappa shape index (κ3) is 3.28. The smallest absolute Gasteiger partial charge is 0.123 e. The van der Waals surface area contributed by atoms with Gasteiger partial charge in [0.2, 0.25) is 0 Å². The molecule has 1 aromatic rings. The van der Waals surface area contributed by atoms with Crippen LogP contribution in [0.3, 0.4) is 0 Å². The molecule has 21 heavy (non-hydrogen) atoms. The van der Waals surface area contributed by atoms with Gasteiger partial charge in [-0.3, -0.25) is 11.3 Å². The largest absolute Gasteiger partial charge is 0.375 e. The van der Waals surface area contributed by atoms with E-state index in [9.17, 15) is 4.39 Å². The summed E-state index contributed by atoms with van der Waals surface area (Å²) in [6.45, 7) is 0.810. The first-order valence-corrected chi connectivity index (χ1v) is 8.08. The minimum atomic E-state index is -0.203. The summed E-state index contributed by atoms with van der Waals surface area (Å²) in [5, 5.41) is 0. The van der Waals surface area contributed by atoms with Crippen LogP contribution in [0.15, 0.2) is 24.3 Å². The normalized spacial score (nSPS) is 26.7. The molecule has 1 spiro atoms. The van der Waals surface area contributed by atoms with Crippen LogP contribution in [-0.2, 0) is 4.74 Å². The average Bonchev–Trinajstić information content (AvgIpc) is 2.51. The predicted octanol–water partition coefficient (Wildman–Crippen LogP) is 3.46. The number of nitrogens with one attached hydrogen (secondary N) is 1. The van der Waals surface area contributed by atoms with Gasteiger partial charge in [0.15, 0.2) is 0 Å². The van der Waals surface area contributed by atoms with E-state index in [0.29, 0.717) is 5.92 Å². The molecule has 2 unspecified atom stereocenters. The maximum atomic E-state index is 13.1. The summed E-state index contributed by atoms with van der Waals surface area (Å²) < 4.78 is 19.3. The Morgan fingerprint density at radius 2 is 1.90 bits per heavy atom. The summed E-state index contributed by atoms with van der Waals surface area (Å²) in [7, 11) is 0. The van der Waals surface area contributed by atoms with Gasteiger partial charge in [0, 0.05) is 12.6 Å². The topological polar surface area (TPSA) is 47.3 Å². The number of ether oxygens (including phenoxy) is 1. The standard InChI is InChI=1S/C17H25FN2O/c18-15-6-4-13(5-7-15)16(20-19)14-8-11-21-17(12-14)9-2-1-3-10-17/h4-7,14,16,20H,1-3,8-12,19H2. The predicted molar refractivity (Wildman–Crippen MR) is 81.0 cm³/mol. The highest BCUT2D eigenvalue weighted by Gasteiger charge is 2.40. The molecule has 1 saturated carbocycles. The summed E-state index contributed by atoms with van der Waals surface area (Å²) in [4.78, 5) is 0. The van der Waals surface area contributed by atoms with Crippen LogP contribution in [0.2, 0.25) is 0 Å². The van der Waals surface area contributed by atoms with Gasteiger partial charge in [-0.05, 0) is 49.3 Å². The number of hydrogen-bond donors (Lipinski definition) is 2. The van der Waals surface area contributed by atoms with E-state index < -0.39 is 0 Å².